The fourth-order valence-corrected chi connectivity index (χ4v) is 11.5. The number of hydrogen-bond acceptors (Lipinski definition) is 15. The number of piperazine rings is 1. The van der Waals surface area contributed by atoms with Crippen LogP contribution >= 0.6 is 0 Å². The van der Waals surface area contributed by atoms with Crippen LogP contribution in [0.25, 0.3) is 10.8 Å². The maximum absolute atomic E-state index is 15.0. The summed E-state index contributed by atoms with van der Waals surface area (Å²) in [4.78, 5) is 72.5. The molecule has 17 heteroatoms. The number of phenols is 2. The molecule has 404 valence electrons. The first-order valence-electron chi connectivity index (χ1n) is 26.6. The average molecular weight is 1030 g/mol. The number of piperidine rings is 1. The number of amides is 2. The van der Waals surface area contributed by atoms with Gasteiger partial charge in [0.1, 0.15) is 40.4 Å². The first-order valence-corrected chi connectivity index (χ1v) is 26.6. The van der Waals surface area contributed by atoms with Gasteiger partial charge in [-0.2, -0.15) is 0 Å². The SMILES string of the molecule is CO[C@H]1/C=C/OC2(C)Oc3c(C)c(O)c4c(O)c(c5c(c4c3C2=O)NC2(CCN(CC(C)C)CC2)N=5)=NC(=O)/C(C)=C\C=C\C(C)C[C@@H](C)C(O)[C@@H](C)C(OC(=O)CC(=O)N2CCN(Cc3ccccc3)CC2)[C@@H]1C. The fourth-order valence-electron chi connectivity index (χ4n) is 11.5. The van der Waals surface area contributed by atoms with Gasteiger partial charge < -0.3 is 49.4 Å². The Morgan fingerprint density at radius 1 is 0.907 bits per heavy atom. The molecule has 3 aromatic carbocycles. The quantitative estimate of drug-likeness (QED) is 0.108. The van der Waals surface area contributed by atoms with Crippen molar-refractivity contribution in [2.45, 2.75) is 124 Å². The Morgan fingerprint density at radius 2 is 1.60 bits per heavy atom. The van der Waals surface area contributed by atoms with Crippen molar-refractivity contribution in [1.82, 2.24) is 14.7 Å². The number of Topliss-reactive ketones (excluding diaryl/α,β-unsaturated/α-hetero) is 1. The molecule has 6 aliphatic heterocycles. The van der Waals surface area contributed by atoms with Crippen LogP contribution in [-0.4, -0.2) is 136 Å². The van der Waals surface area contributed by atoms with Gasteiger partial charge in [-0.1, -0.05) is 90.1 Å². The number of methoxy groups -OCH3 is 1. The van der Waals surface area contributed by atoms with Crippen LogP contribution in [-0.2, 0) is 35.1 Å². The van der Waals surface area contributed by atoms with E-state index in [1.54, 1.807) is 37.0 Å². The molecule has 1 spiro atoms. The van der Waals surface area contributed by atoms with E-state index in [4.69, 9.17) is 23.9 Å². The molecule has 8 atom stereocenters. The maximum atomic E-state index is 15.0. The van der Waals surface area contributed by atoms with Gasteiger partial charge in [-0.3, -0.25) is 29.1 Å². The summed E-state index contributed by atoms with van der Waals surface area (Å²) in [5.74, 6) is -6.32. The van der Waals surface area contributed by atoms with Crippen LogP contribution in [0.4, 0.5) is 5.69 Å². The Labute approximate surface area is 440 Å². The highest BCUT2D eigenvalue weighted by Crippen LogP contribution is 2.51. The molecule has 0 aliphatic carbocycles. The van der Waals surface area contributed by atoms with Crippen LogP contribution in [0.15, 0.2) is 76.5 Å². The van der Waals surface area contributed by atoms with Gasteiger partial charge in [0.15, 0.2) is 5.75 Å². The van der Waals surface area contributed by atoms with Crippen molar-refractivity contribution in [2.75, 3.05) is 58.2 Å². The smallest absolute Gasteiger partial charge is 0.315 e. The van der Waals surface area contributed by atoms with E-state index in [0.717, 1.165) is 26.2 Å². The molecular formula is C58H76N6O11. The molecule has 4 N–H and O–H groups in total. The van der Waals surface area contributed by atoms with Crippen LogP contribution in [0.1, 0.15) is 103 Å². The molecule has 6 aliphatic rings. The molecule has 2 amide bonds. The van der Waals surface area contributed by atoms with E-state index in [0.29, 0.717) is 57.0 Å². The van der Waals surface area contributed by atoms with Crippen LogP contribution in [0.3, 0.4) is 0 Å². The molecule has 2 fully saturated rings. The number of likely N-dealkylation sites (tertiary alicyclic amines) is 1. The molecule has 75 heavy (non-hydrogen) atoms. The summed E-state index contributed by atoms with van der Waals surface area (Å²) in [6, 6.07) is 10.1. The van der Waals surface area contributed by atoms with Crippen LogP contribution in [0.2, 0.25) is 0 Å². The molecule has 17 nitrogen and oxygen atoms in total. The van der Waals surface area contributed by atoms with Gasteiger partial charge in [0.2, 0.25) is 5.91 Å². The molecule has 2 saturated heterocycles. The molecule has 5 bridgehead atoms. The Morgan fingerprint density at radius 3 is 2.27 bits per heavy atom. The summed E-state index contributed by atoms with van der Waals surface area (Å²) >= 11 is 0. The van der Waals surface area contributed by atoms with E-state index in [9.17, 15) is 34.5 Å². The number of aliphatic hydroxyl groups excluding tert-OH is 1. The molecule has 6 heterocycles. The molecular weight excluding hydrogens is 957 g/mol. The van der Waals surface area contributed by atoms with Gasteiger partial charge in [-0.05, 0) is 49.7 Å². The van der Waals surface area contributed by atoms with E-state index in [1.807, 2.05) is 52.0 Å². The zero-order valence-electron chi connectivity index (χ0n) is 45.2. The normalized spacial score (nSPS) is 29.2. The predicted molar refractivity (Wildman–Crippen MR) is 284 cm³/mol. The zero-order chi connectivity index (χ0) is 54.1. The highest BCUT2D eigenvalue weighted by molar-refractivity contribution is 6.21. The first-order chi connectivity index (χ1) is 35.6. The molecule has 3 aromatic rings. The third-order valence-electron chi connectivity index (χ3n) is 15.9. The Hall–Kier alpha value is -6.14. The van der Waals surface area contributed by atoms with E-state index >= 15 is 0 Å². The molecule has 0 aromatic heterocycles. The highest BCUT2D eigenvalue weighted by Gasteiger charge is 2.51. The largest absolute Gasteiger partial charge is 0.507 e. The zero-order valence-corrected chi connectivity index (χ0v) is 45.2. The average Bonchev–Trinajstić information content (AvgIpc) is 3.88. The molecule has 0 radical (unpaired) electrons. The van der Waals surface area contributed by atoms with Crippen molar-refractivity contribution in [1.29, 1.82) is 0 Å². The van der Waals surface area contributed by atoms with E-state index in [-0.39, 0.29) is 67.4 Å². The lowest BCUT2D eigenvalue weighted by Gasteiger charge is -2.38. The Balaban J connectivity index is 1.12. The topological polar surface area (TPSA) is 212 Å². The number of hydrogen-bond donors (Lipinski definition) is 4. The number of ether oxygens (including phenoxy) is 4. The summed E-state index contributed by atoms with van der Waals surface area (Å²) in [6.45, 7) is 21.9. The second-order valence-electron chi connectivity index (χ2n) is 22.2. The number of rotatable bonds is 8. The summed E-state index contributed by atoms with van der Waals surface area (Å²) in [5, 5.41) is 39.9. The second kappa shape index (κ2) is 22.6. The molecule has 0 saturated carbocycles. The number of aromatic hydroxyl groups is 2. The number of benzene rings is 3. The van der Waals surface area contributed by atoms with Gasteiger partial charge in [-0.15, -0.1) is 0 Å². The number of allylic oxidation sites excluding steroid dienone is 3. The van der Waals surface area contributed by atoms with Crippen LogP contribution in [0, 0.1) is 36.5 Å². The monoisotopic (exact) mass is 1030 g/mol. The highest BCUT2D eigenvalue weighted by atomic mass is 16.7. The number of fused-ring (bicyclic) bond motifs is 13. The van der Waals surface area contributed by atoms with Crippen LogP contribution in [0.5, 0.6) is 17.2 Å². The van der Waals surface area contributed by atoms with Gasteiger partial charge in [0.25, 0.3) is 11.7 Å². The standard InChI is InChI=1S/C58H76N6O11/c1-33(2)31-62-22-20-58(21-23-62)60-47-44-45-51(68)39(8)54-46(44)55(70)57(9,75-54)73-28-19-41(72-10)37(6)53(74-43(66)30-42(65)64-26-24-63(25-27-64)32-40-17-12-11-13-18-40)38(7)50(67)36(5)29-34(3)15-14-16-35(4)56(71)59-49(52(45)69)48(47)61-58/h11-19,28,33-34,36-38,41,50,53,60,67-69H,20-27,29-32H2,1-10H3/b15-14+,28-19+,35-16-,59-49?/t34?,36-,37-,38-,41+,50?,53?,57?/m1/s1. The lowest BCUT2D eigenvalue weighted by Crippen LogP contribution is -2.49. The Kier molecular flexibility index (Phi) is 16.6. The van der Waals surface area contributed by atoms with Crippen molar-refractivity contribution < 1.29 is 53.4 Å². The molecule has 9 rings (SSSR count). The number of nitrogens with zero attached hydrogens (tertiary/aromatic N) is 5. The number of esters is 1. The number of aliphatic hydroxyl groups is 1. The van der Waals surface area contributed by atoms with Gasteiger partial charge in [-0.25, -0.2) is 4.99 Å². The number of nitrogens with one attached hydrogen (secondary N) is 1. The minimum atomic E-state index is -1.99. The van der Waals surface area contributed by atoms with Crippen molar-refractivity contribution in [3.63, 3.8) is 0 Å². The number of ketones is 1. The van der Waals surface area contributed by atoms with Crippen molar-refractivity contribution in [3.05, 3.63) is 93.9 Å². The van der Waals surface area contributed by atoms with Crippen molar-refractivity contribution in [3.8, 4) is 17.2 Å². The number of phenolic OH excluding ortho intramolecular Hbond substituents is 2. The summed E-state index contributed by atoms with van der Waals surface area (Å²) in [5.41, 5.74) is 1.13. The van der Waals surface area contributed by atoms with Crippen LogP contribution < -0.4 is 20.8 Å². The fraction of sp³-hybridized carbons (Fsp3) is 0.552. The summed E-state index contributed by atoms with van der Waals surface area (Å²) < 4.78 is 24.8. The Bertz CT molecular complexity index is 2890. The third-order valence-corrected chi connectivity index (χ3v) is 15.9. The van der Waals surface area contributed by atoms with Gasteiger partial charge in [0.05, 0.1) is 35.1 Å². The van der Waals surface area contributed by atoms with Gasteiger partial charge >= 0.3 is 11.8 Å². The third kappa shape index (κ3) is 11.5. The van der Waals surface area contributed by atoms with Crippen molar-refractivity contribution in [2.24, 2.45) is 39.6 Å². The van der Waals surface area contributed by atoms with Crippen molar-refractivity contribution >= 4 is 40.0 Å². The minimum absolute atomic E-state index is 0.0478. The number of anilines is 1. The van der Waals surface area contributed by atoms with E-state index in [2.05, 4.69) is 46.1 Å². The van der Waals surface area contributed by atoms with E-state index in [1.165, 1.54) is 25.9 Å². The summed E-state index contributed by atoms with van der Waals surface area (Å²) in [6.07, 6.45) is 6.67. The predicted octanol–water partition coefficient (Wildman–Crippen LogP) is 6.49. The van der Waals surface area contributed by atoms with Gasteiger partial charge in [0, 0.05) is 108 Å². The van der Waals surface area contributed by atoms with E-state index < -0.39 is 71.4 Å². The number of carbonyl (C=O) groups excluding carboxylic acids is 4. The lowest BCUT2D eigenvalue weighted by atomic mass is 9.79. The maximum Gasteiger partial charge on any atom is 0.315 e. The second-order valence-corrected chi connectivity index (χ2v) is 22.2. The summed E-state index contributed by atoms with van der Waals surface area (Å²) in [7, 11) is 1.49. The minimum Gasteiger partial charge on any atom is -0.507 e. The molecule has 4 unspecified atom stereocenters. The lowest BCUT2D eigenvalue weighted by molar-refractivity contribution is -0.164. The number of carbonyl (C=O) groups is 4. The first kappa shape index (κ1) is 55.1.